The zero-order valence-electron chi connectivity index (χ0n) is 15.5. The summed E-state index contributed by atoms with van der Waals surface area (Å²) in [5, 5.41) is 0.940. The lowest BCUT2D eigenvalue weighted by atomic mass is 9.65. The summed E-state index contributed by atoms with van der Waals surface area (Å²) in [6, 6.07) is 10.5. The predicted molar refractivity (Wildman–Crippen MR) is 103 cm³/mol. The number of aromatic nitrogens is 1. The summed E-state index contributed by atoms with van der Waals surface area (Å²) in [6.07, 6.45) is 3.46. The summed E-state index contributed by atoms with van der Waals surface area (Å²) in [6.45, 7) is 9.89. The zero-order chi connectivity index (χ0) is 17.8. The van der Waals surface area contributed by atoms with Crippen LogP contribution >= 0.6 is 11.3 Å². The molecule has 2 fully saturated rings. The van der Waals surface area contributed by atoms with E-state index in [1.165, 1.54) is 17.8 Å². The molecule has 1 aliphatic heterocycles. The van der Waals surface area contributed by atoms with Gasteiger partial charge in [-0.1, -0.05) is 51.1 Å². The molecule has 1 saturated heterocycles. The van der Waals surface area contributed by atoms with Gasteiger partial charge in [0.1, 0.15) is 9.88 Å². The van der Waals surface area contributed by atoms with Crippen LogP contribution in [0.15, 0.2) is 30.3 Å². The van der Waals surface area contributed by atoms with E-state index in [1.54, 1.807) is 0 Å². The third-order valence-corrected chi connectivity index (χ3v) is 6.88. The van der Waals surface area contributed by atoms with Crippen LogP contribution in [0.4, 0.5) is 0 Å². The Kier molecular flexibility index (Phi) is 3.80. The van der Waals surface area contributed by atoms with Gasteiger partial charge in [-0.15, -0.1) is 11.3 Å². The van der Waals surface area contributed by atoms with Gasteiger partial charge >= 0.3 is 0 Å². The number of rotatable bonds is 2. The van der Waals surface area contributed by atoms with Crippen molar-refractivity contribution in [2.75, 3.05) is 6.54 Å². The van der Waals surface area contributed by atoms with Crippen molar-refractivity contribution in [3.05, 3.63) is 40.9 Å². The fourth-order valence-electron chi connectivity index (χ4n) is 5.13. The minimum Gasteiger partial charge on any atom is -0.334 e. The van der Waals surface area contributed by atoms with Crippen molar-refractivity contribution in [1.29, 1.82) is 0 Å². The average molecular weight is 355 g/mol. The van der Waals surface area contributed by atoms with Crippen LogP contribution in [0.3, 0.4) is 0 Å². The third kappa shape index (κ3) is 3.01. The van der Waals surface area contributed by atoms with E-state index in [0.717, 1.165) is 40.5 Å². The Morgan fingerprint density at radius 3 is 2.64 bits per heavy atom. The van der Waals surface area contributed by atoms with Gasteiger partial charge in [0, 0.05) is 18.2 Å². The van der Waals surface area contributed by atoms with E-state index in [9.17, 15) is 4.79 Å². The molecule has 4 rings (SSSR count). The standard InChI is InChI=1S/C21H26N2OS/c1-14-17(25-18(22-14)15-8-6-5-7-9-15)19(24)23-13-21(4)11-16(23)10-20(2,3)12-21/h5-9,16H,10-13H2,1-4H3/t16-,21-/m0/s1. The molecule has 1 amide bonds. The Balaban J connectivity index is 1.63. The van der Waals surface area contributed by atoms with Gasteiger partial charge in [0.05, 0.1) is 5.69 Å². The molecule has 1 aliphatic carbocycles. The summed E-state index contributed by atoms with van der Waals surface area (Å²) in [5.41, 5.74) is 2.54. The van der Waals surface area contributed by atoms with E-state index in [2.05, 4.69) is 42.8 Å². The molecule has 2 aliphatic rings. The Morgan fingerprint density at radius 1 is 1.20 bits per heavy atom. The van der Waals surface area contributed by atoms with Gasteiger partial charge in [-0.2, -0.15) is 0 Å². The molecular weight excluding hydrogens is 328 g/mol. The Bertz CT molecular complexity index is 811. The summed E-state index contributed by atoms with van der Waals surface area (Å²) >= 11 is 1.54. The van der Waals surface area contributed by atoms with Crippen molar-refractivity contribution in [1.82, 2.24) is 9.88 Å². The summed E-state index contributed by atoms with van der Waals surface area (Å²) in [5.74, 6) is 0.184. The van der Waals surface area contributed by atoms with Crippen LogP contribution < -0.4 is 0 Å². The molecule has 1 aromatic carbocycles. The van der Waals surface area contributed by atoms with Gasteiger partial charge in [0.2, 0.25) is 0 Å². The first-order valence-corrected chi connectivity index (χ1v) is 9.92. The van der Waals surface area contributed by atoms with Crippen molar-refractivity contribution in [3.8, 4) is 10.6 Å². The predicted octanol–water partition coefficient (Wildman–Crippen LogP) is 5.16. The van der Waals surface area contributed by atoms with Crippen LogP contribution in [0, 0.1) is 17.8 Å². The number of hydrogen-bond donors (Lipinski definition) is 0. The number of amides is 1. The maximum absolute atomic E-state index is 13.3. The molecule has 2 aromatic rings. The number of carbonyl (C=O) groups is 1. The topological polar surface area (TPSA) is 33.2 Å². The first-order valence-electron chi connectivity index (χ1n) is 9.10. The van der Waals surface area contributed by atoms with E-state index < -0.39 is 0 Å². The molecule has 2 atom stereocenters. The molecule has 4 heteroatoms. The quantitative estimate of drug-likeness (QED) is 0.746. The average Bonchev–Trinajstić information content (AvgIpc) is 3.04. The lowest BCUT2D eigenvalue weighted by Crippen LogP contribution is -2.37. The normalized spacial score (nSPS) is 27.5. The minimum absolute atomic E-state index is 0.184. The highest BCUT2D eigenvalue weighted by molar-refractivity contribution is 7.17. The number of aryl methyl sites for hydroxylation is 1. The Labute approximate surface area is 154 Å². The molecule has 1 saturated carbocycles. The Hall–Kier alpha value is -1.68. The third-order valence-electron chi connectivity index (χ3n) is 5.69. The maximum atomic E-state index is 13.3. The van der Waals surface area contributed by atoms with E-state index >= 15 is 0 Å². The van der Waals surface area contributed by atoms with Crippen LogP contribution in [0.25, 0.3) is 10.6 Å². The summed E-state index contributed by atoms with van der Waals surface area (Å²) < 4.78 is 0. The molecule has 25 heavy (non-hydrogen) atoms. The van der Waals surface area contributed by atoms with Crippen molar-refractivity contribution >= 4 is 17.2 Å². The van der Waals surface area contributed by atoms with E-state index in [-0.39, 0.29) is 11.3 Å². The summed E-state index contributed by atoms with van der Waals surface area (Å²) in [4.78, 5) is 20.9. The van der Waals surface area contributed by atoms with E-state index in [0.29, 0.717) is 11.5 Å². The van der Waals surface area contributed by atoms with E-state index in [4.69, 9.17) is 0 Å². The number of hydrogen-bond acceptors (Lipinski definition) is 3. The number of carbonyl (C=O) groups excluding carboxylic acids is 1. The molecule has 2 heterocycles. The lowest BCUT2D eigenvalue weighted by molar-refractivity contribution is 0.0712. The van der Waals surface area contributed by atoms with Crippen LogP contribution in [0.2, 0.25) is 0 Å². The molecule has 0 radical (unpaired) electrons. The SMILES string of the molecule is Cc1nc(-c2ccccc2)sc1C(=O)N1C[C@@]2(C)C[C@@H]1CC(C)(C)C2. The van der Waals surface area contributed by atoms with Crippen molar-refractivity contribution < 1.29 is 4.79 Å². The second-order valence-corrected chi connectivity index (χ2v) is 9.95. The smallest absolute Gasteiger partial charge is 0.266 e. The molecule has 0 spiro atoms. The molecule has 2 bridgehead atoms. The molecule has 1 aromatic heterocycles. The highest BCUT2D eigenvalue weighted by Crippen LogP contribution is 2.53. The van der Waals surface area contributed by atoms with Gasteiger partial charge in [0.25, 0.3) is 5.91 Å². The van der Waals surface area contributed by atoms with Crippen molar-refractivity contribution in [2.45, 2.75) is 53.0 Å². The van der Waals surface area contributed by atoms with E-state index in [1.807, 2.05) is 25.1 Å². The molecule has 0 N–H and O–H groups in total. The maximum Gasteiger partial charge on any atom is 0.266 e. The first kappa shape index (κ1) is 16.8. The number of nitrogens with zero attached hydrogens (tertiary/aromatic N) is 2. The van der Waals surface area contributed by atoms with Gasteiger partial charge in [-0.3, -0.25) is 4.79 Å². The number of likely N-dealkylation sites (tertiary alicyclic amines) is 1. The van der Waals surface area contributed by atoms with Crippen LogP contribution in [0.5, 0.6) is 0 Å². The summed E-state index contributed by atoms with van der Waals surface area (Å²) in [7, 11) is 0. The van der Waals surface area contributed by atoms with Crippen molar-refractivity contribution in [2.24, 2.45) is 10.8 Å². The number of fused-ring (bicyclic) bond motifs is 2. The largest absolute Gasteiger partial charge is 0.334 e. The van der Waals surface area contributed by atoms with Gasteiger partial charge in [0.15, 0.2) is 0 Å². The fraction of sp³-hybridized carbons (Fsp3) is 0.524. The highest BCUT2D eigenvalue weighted by Gasteiger charge is 2.51. The molecule has 132 valence electrons. The first-order chi connectivity index (χ1) is 11.8. The van der Waals surface area contributed by atoms with Gasteiger partial charge in [-0.05, 0) is 37.0 Å². The zero-order valence-corrected chi connectivity index (χ0v) is 16.3. The Morgan fingerprint density at radius 2 is 1.92 bits per heavy atom. The fourth-order valence-corrected chi connectivity index (χ4v) is 6.15. The van der Waals surface area contributed by atoms with Crippen LogP contribution in [-0.2, 0) is 0 Å². The molecule has 3 nitrogen and oxygen atoms in total. The van der Waals surface area contributed by atoms with Crippen LogP contribution in [0.1, 0.15) is 55.4 Å². The van der Waals surface area contributed by atoms with Crippen molar-refractivity contribution in [3.63, 3.8) is 0 Å². The monoisotopic (exact) mass is 354 g/mol. The van der Waals surface area contributed by atoms with Crippen LogP contribution in [-0.4, -0.2) is 28.4 Å². The van der Waals surface area contributed by atoms with Gasteiger partial charge in [-0.25, -0.2) is 4.98 Å². The second kappa shape index (κ2) is 5.66. The number of benzene rings is 1. The number of thiazole rings is 1. The molecular formula is C21H26N2OS. The minimum atomic E-state index is 0.184. The molecule has 0 unspecified atom stereocenters. The van der Waals surface area contributed by atoms with Gasteiger partial charge < -0.3 is 4.90 Å². The lowest BCUT2D eigenvalue weighted by Gasteiger charge is -2.39. The highest BCUT2D eigenvalue weighted by atomic mass is 32.1. The second-order valence-electron chi connectivity index (χ2n) is 8.95.